The highest BCUT2D eigenvalue weighted by atomic mass is 35.5. The Balaban J connectivity index is 1.58. The Morgan fingerprint density at radius 2 is 1.74 bits per heavy atom. The SMILES string of the molecule is COc1ccc(N2CCN(Cc3cc(Cl)ccc3O)CC2)cc1. The molecule has 1 aliphatic rings. The lowest BCUT2D eigenvalue weighted by atomic mass is 10.1. The highest BCUT2D eigenvalue weighted by Gasteiger charge is 2.18. The van der Waals surface area contributed by atoms with E-state index in [1.54, 1.807) is 19.2 Å². The molecule has 2 aromatic carbocycles. The average Bonchev–Trinajstić information content (AvgIpc) is 2.59. The first-order valence-corrected chi connectivity index (χ1v) is 8.12. The van der Waals surface area contributed by atoms with Gasteiger partial charge in [0.1, 0.15) is 11.5 Å². The number of hydrogen-bond acceptors (Lipinski definition) is 4. The van der Waals surface area contributed by atoms with Gasteiger partial charge in [0.05, 0.1) is 7.11 Å². The maximum absolute atomic E-state index is 9.94. The number of rotatable bonds is 4. The fourth-order valence-electron chi connectivity index (χ4n) is 2.88. The van der Waals surface area contributed by atoms with Crippen molar-refractivity contribution >= 4 is 17.3 Å². The van der Waals surface area contributed by atoms with Crippen LogP contribution in [0.3, 0.4) is 0 Å². The number of phenolic OH excluding ortho intramolecular Hbond substituents is 1. The minimum Gasteiger partial charge on any atom is -0.508 e. The minimum absolute atomic E-state index is 0.312. The van der Waals surface area contributed by atoms with Crippen molar-refractivity contribution in [3.63, 3.8) is 0 Å². The molecule has 1 saturated heterocycles. The predicted molar refractivity (Wildman–Crippen MR) is 93.6 cm³/mol. The zero-order chi connectivity index (χ0) is 16.2. The van der Waals surface area contributed by atoms with E-state index in [2.05, 4.69) is 21.9 Å². The Morgan fingerprint density at radius 3 is 2.39 bits per heavy atom. The zero-order valence-electron chi connectivity index (χ0n) is 13.2. The van der Waals surface area contributed by atoms with Crippen LogP contribution in [0.1, 0.15) is 5.56 Å². The molecule has 0 bridgehead atoms. The van der Waals surface area contributed by atoms with Crippen molar-refractivity contribution in [2.75, 3.05) is 38.2 Å². The summed E-state index contributed by atoms with van der Waals surface area (Å²) in [5.41, 5.74) is 2.10. The third-order valence-electron chi connectivity index (χ3n) is 4.25. The van der Waals surface area contributed by atoms with E-state index < -0.39 is 0 Å². The molecule has 122 valence electrons. The van der Waals surface area contributed by atoms with Crippen LogP contribution in [0.25, 0.3) is 0 Å². The summed E-state index contributed by atoms with van der Waals surface area (Å²) in [5, 5.41) is 10.6. The van der Waals surface area contributed by atoms with Crippen molar-refractivity contribution in [3.05, 3.63) is 53.1 Å². The Bertz CT molecular complexity index is 653. The molecular formula is C18H21ClN2O2. The molecule has 1 aliphatic heterocycles. The van der Waals surface area contributed by atoms with Gasteiger partial charge in [-0.1, -0.05) is 11.6 Å². The van der Waals surface area contributed by atoms with Crippen LogP contribution in [0, 0.1) is 0 Å². The van der Waals surface area contributed by atoms with Crippen LogP contribution < -0.4 is 9.64 Å². The van der Waals surface area contributed by atoms with E-state index in [9.17, 15) is 5.11 Å². The second kappa shape index (κ2) is 7.11. The smallest absolute Gasteiger partial charge is 0.120 e. The second-order valence-corrected chi connectivity index (χ2v) is 6.17. The van der Waals surface area contributed by atoms with E-state index in [0.717, 1.165) is 44.0 Å². The molecule has 5 heteroatoms. The van der Waals surface area contributed by atoms with Crippen molar-refractivity contribution in [2.24, 2.45) is 0 Å². The molecule has 3 rings (SSSR count). The first-order valence-electron chi connectivity index (χ1n) is 7.74. The average molecular weight is 333 g/mol. The van der Waals surface area contributed by atoms with Gasteiger partial charge in [-0.2, -0.15) is 0 Å². The van der Waals surface area contributed by atoms with Crippen LogP contribution in [0.4, 0.5) is 5.69 Å². The molecule has 0 radical (unpaired) electrons. The first kappa shape index (κ1) is 16.0. The van der Waals surface area contributed by atoms with Crippen molar-refractivity contribution < 1.29 is 9.84 Å². The van der Waals surface area contributed by atoms with E-state index in [-0.39, 0.29) is 0 Å². The summed E-state index contributed by atoms with van der Waals surface area (Å²) in [7, 11) is 1.68. The molecule has 23 heavy (non-hydrogen) atoms. The second-order valence-electron chi connectivity index (χ2n) is 5.73. The van der Waals surface area contributed by atoms with Gasteiger partial charge < -0.3 is 14.7 Å². The summed E-state index contributed by atoms with van der Waals surface area (Å²) in [6.07, 6.45) is 0. The molecule has 0 aliphatic carbocycles. The van der Waals surface area contributed by atoms with Crippen LogP contribution in [-0.4, -0.2) is 43.3 Å². The van der Waals surface area contributed by atoms with Crippen LogP contribution in [-0.2, 0) is 6.54 Å². The summed E-state index contributed by atoms with van der Waals surface area (Å²) < 4.78 is 5.20. The van der Waals surface area contributed by atoms with Gasteiger partial charge in [0, 0.05) is 49.0 Å². The van der Waals surface area contributed by atoms with Crippen molar-refractivity contribution in [1.29, 1.82) is 0 Å². The maximum atomic E-state index is 9.94. The molecule has 4 nitrogen and oxygen atoms in total. The Kier molecular flexibility index (Phi) is 4.94. The van der Waals surface area contributed by atoms with Gasteiger partial charge >= 0.3 is 0 Å². The lowest BCUT2D eigenvalue weighted by Gasteiger charge is -2.36. The molecule has 0 unspecified atom stereocenters. The number of phenols is 1. The maximum Gasteiger partial charge on any atom is 0.120 e. The number of piperazine rings is 1. The molecule has 0 saturated carbocycles. The third kappa shape index (κ3) is 3.89. The summed E-state index contributed by atoms with van der Waals surface area (Å²) in [6.45, 7) is 4.57. The van der Waals surface area contributed by atoms with E-state index in [0.29, 0.717) is 10.8 Å². The molecular weight excluding hydrogens is 312 g/mol. The van der Waals surface area contributed by atoms with Gasteiger partial charge in [-0.25, -0.2) is 0 Å². The molecule has 0 amide bonds. The fraction of sp³-hybridized carbons (Fsp3) is 0.333. The quantitative estimate of drug-likeness (QED) is 0.931. The fourth-order valence-corrected chi connectivity index (χ4v) is 3.07. The van der Waals surface area contributed by atoms with E-state index in [1.165, 1.54) is 5.69 Å². The highest BCUT2D eigenvalue weighted by Crippen LogP contribution is 2.25. The van der Waals surface area contributed by atoms with Crippen LogP contribution in [0.5, 0.6) is 11.5 Å². The summed E-state index contributed by atoms with van der Waals surface area (Å²) in [4.78, 5) is 4.71. The van der Waals surface area contributed by atoms with E-state index >= 15 is 0 Å². The lowest BCUT2D eigenvalue weighted by molar-refractivity contribution is 0.247. The Hall–Kier alpha value is -1.91. The molecule has 1 fully saturated rings. The Morgan fingerprint density at radius 1 is 1.04 bits per heavy atom. The monoisotopic (exact) mass is 332 g/mol. The zero-order valence-corrected chi connectivity index (χ0v) is 14.0. The highest BCUT2D eigenvalue weighted by molar-refractivity contribution is 6.30. The molecule has 1 heterocycles. The number of nitrogens with zero attached hydrogens (tertiary/aromatic N) is 2. The summed E-state index contributed by atoms with van der Waals surface area (Å²) >= 11 is 6.01. The van der Waals surface area contributed by atoms with Crippen LogP contribution in [0.2, 0.25) is 5.02 Å². The van der Waals surface area contributed by atoms with Gasteiger partial charge in [-0.15, -0.1) is 0 Å². The largest absolute Gasteiger partial charge is 0.508 e. The van der Waals surface area contributed by atoms with Gasteiger partial charge in [0.25, 0.3) is 0 Å². The number of hydrogen-bond donors (Lipinski definition) is 1. The Labute approximate surface area is 141 Å². The first-order chi connectivity index (χ1) is 11.2. The van der Waals surface area contributed by atoms with Gasteiger partial charge in [-0.05, 0) is 42.5 Å². The minimum atomic E-state index is 0.312. The number of methoxy groups -OCH3 is 1. The van der Waals surface area contributed by atoms with Gasteiger partial charge in [-0.3, -0.25) is 4.90 Å². The van der Waals surface area contributed by atoms with Crippen molar-refractivity contribution in [3.8, 4) is 11.5 Å². The lowest BCUT2D eigenvalue weighted by Crippen LogP contribution is -2.45. The number of benzene rings is 2. The van der Waals surface area contributed by atoms with Crippen molar-refractivity contribution in [1.82, 2.24) is 4.90 Å². The molecule has 2 aromatic rings. The third-order valence-corrected chi connectivity index (χ3v) is 4.48. The number of halogens is 1. The van der Waals surface area contributed by atoms with E-state index in [4.69, 9.17) is 16.3 Å². The number of ether oxygens (including phenoxy) is 1. The summed E-state index contributed by atoms with van der Waals surface area (Å²) in [6, 6.07) is 13.4. The van der Waals surface area contributed by atoms with Crippen molar-refractivity contribution in [2.45, 2.75) is 6.54 Å². The topological polar surface area (TPSA) is 35.9 Å². The molecule has 0 spiro atoms. The predicted octanol–water partition coefficient (Wildman–Crippen LogP) is 3.38. The molecule has 0 aromatic heterocycles. The van der Waals surface area contributed by atoms with Crippen LogP contribution in [0.15, 0.2) is 42.5 Å². The van der Waals surface area contributed by atoms with Crippen LogP contribution >= 0.6 is 11.6 Å². The molecule has 0 atom stereocenters. The van der Waals surface area contributed by atoms with E-state index in [1.807, 2.05) is 18.2 Å². The van der Waals surface area contributed by atoms with Gasteiger partial charge in [0.15, 0.2) is 0 Å². The molecule has 1 N–H and O–H groups in total. The summed E-state index contributed by atoms with van der Waals surface area (Å²) in [5.74, 6) is 1.19. The van der Waals surface area contributed by atoms with Gasteiger partial charge in [0.2, 0.25) is 0 Å². The number of aromatic hydroxyl groups is 1. The number of anilines is 1. The standard InChI is InChI=1S/C18H21ClN2O2/c1-23-17-5-3-16(4-6-17)21-10-8-20(9-11-21)13-14-12-15(19)2-7-18(14)22/h2-7,12,22H,8-11,13H2,1H3. The normalized spacial score (nSPS) is 15.7.